The second-order valence-corrected chi connectivity index (χ2v) is 5.19. The molecule has 4 heteroatoms. The Balaban J connectivity index is 2.62. The van der Waals surface area contributed by atoms with Crippen LogP contribution in [0.3, 0.4) is 0 Å². The van der Waals surface area contributed by atoms with Crippen LogP contribution in [-0.4, -0.2) is 25.2 Å². The number of carbonyl (C=O) groups is 2. The minimum absolute atomic E-state index is 0.0489. The Kier molecular flexibility index (Phi) is 3.96. The van der Waals surface area contributed by atoms with Crippen LogP contribution < -0.4 is 0 Å². The molecule has 1 aliphatic carbocycles. The highest BCUT2D eigenvalue weighted by atomic mass is 16.5. The van der Waals surface area contributed by atoms with E-state index in [4.69, 9.17) is 4.74 Å². The van der Waals surface area contributed by atoms with E-state index in [-0.39, 0.29) is 29.3 Å². The van der Waals surface area contributed by atoms with Gasteiger partial charge in [-0.15, -0.1) is 0 Å². The summed E-state index contributed by atoms with van der Waals surface area (Å²) < 4.78 is 9.70. The quantitative estimate of drug-likeness (QED) is 0.556. The second kappa shape index (κ2) is 4.90. The zero-order chi connectivity index (χ0) is 13.2. The Bertz CT molecular complexity index is 341. The van der Waals surface area contributed by atoms with Crippen LogP contribution in [0.4, 0.5) is 0 Å². The first-order valence-electron chi connectivity index (χ1n) is 5.77. The van der Waals surface area contributed by atoms with Crippen molar-refractivity contribution in [2.45, 2.75) is 33.8 Å². The molecule has 0 aromatic carbocycles. The molecule has 1 saturated carbocycles. The van der Waals surface area contributed by atoms with Gasteiger partial charge >= 0.3 is 11.9 Å². The van der Waals surface area contributed by atoms with Crippen LogP contribution in [0.5, 0.6) is 0 Å². The van der Waals surface area contributed by atoms with Gasteiger partial charge in [-0.25, -0.2) is 4.79 Å². The monoisotopic (exact) mass is 240 g/mol. The Morgan fingerprint density at radius 3 is 2.35 bits per heavy atom. The maximum absolute atomic E-state index is 11.8. The number of hydrogen-bond acceptors (Lipinski definition) is 4. The topological polar surface area (TPSA) is 52.6 Å². The van der Waals surface area contributed by atoms with Crippen LogP contribution in [0.2, 0.25) is 0 Å². The lowest BCUT2D eigenvalue weighted by atomic mass is 10.1. The molecule has 0 aromatic rings. The molecule has 4 nitrogen and oxygen atoms in total. The van der Waals surface area contributed by atoms with Crippen molar-refractivity contribution < 1.29 is 19.1 Å². The summed E-state index contributed by atoms with van der Waals surface area (Å²) in [5.41, 5.74) is -0.142. The summed E-state index contributed by atoms with van der Waals surface area (Å²) in [5, 5.41) is 0. The number of hydrogen-bond donors (Lipinski definition) is 0. The van der Waals surface area contributed by atoms with Crippen LogP contribution in [0, 0.1) is 17.3 Å². The fraction of sp³-hybridized carbons (Fsp3) is 0.692. The average Bonchev–Trinajstić information content (AvgIpc) is 2.76. The molecule has 0 aliphatic heterocycles. The summed E-state index contributed by atoms with van der Waals surface area (Å²) in [4.78, 5) is 22.8. The normalized spacial score (nSPS) is 26.0. The number of carbonyl (C=O) groups excluding carboxylic acids is 2. The molecule has 2 atom stereocenters. The second-order valence-electron chi connectivity index (χ2n) is 5.19. The molecule has 0 radical (unpaired) electrons. The molecule has 0 amide bonds. The minimum Gasteiger partial charge on any atom is -0.466 e. The zero-order valence-corrected chi connectivity index (χ0v) is 11.0. The van der Waals surface area contributed by atoms with Crippen LogP contribution >= 0.6 is 0 Å². The third kappa shape index (κ3) is 3.08. The van der Waals surface area contributed by atoms with E-state index in [0.29, 0.717) is 0 Å². The summed E-state index contributed by atoms with van der Waals surface area (Å²) in [6.45, 7) is 7.64. The SMILES string of the molecule is COC(=O)/C=C/[C@@H]1[C@@H](C(=O)OC(C)C)C1(C)C. The number of ether oxygens (including phenoxy) is 2. The summed E-state index contributed by atoms with van der Waals surface area (Å²) in [5.74, 6) is -0.702. The molecular formula is C13H20O4. The van der Waals surface area contributed by atoms with Gasteiger partial charge < -0.3 is 9.47 Å². The summed E-state index contributed by atoms with van der Waals surface area (Å²) in [6, 6.07) is 0. The van der Waals surface area contributed by atoms with E-state index in [2.05, 4.69) is 4.74 Å². The van der Waals surface area contributed by atoms with Crippen molar-refractivity contribution >= 4 is 11.9 Å². The molecule has 0 aromatic heterocycles. The maximum Gasteiger partial charge on any atom is 0.330 e. The third-order valence-corrected chi connectivity index (χ3v) is 3.16. The van der Waals surface area contributed by atoms with E-state index < -0.39 is 5.97 Å². The van der Waals surface area contributed by atoms with Gasteiger partial charge in [0.25, 0.3) is 0 Å². The van der Waals surface area contributed by atoms with Crippen molar-refractivity contribution in [1.29, 1.82) is 0 Å². The Morgan fingerprint density at radius 1 is 1.29 bits per heavy atom. The van der Waals surface area contributed by atoms with Crippen molar-refractivity contribution in [3.05, 3.63) is 12.2 Å². The molecule has 0 bridgehead atoms. The standard InChI is InChI=1S/C13H20O4/c1-8(2)17-12(15)11-9(13(11,3)4)6-7-10(14)16-5/h6-9,11H,1-5H3/b7-6+/t9-,11+/m1/s1. The predicted molar refractivity (Wildman–Crippen MR) is 63.1 cm³/mol. The van der Waals surface area contributed by atoms with Gasteiger partial charge in [0.05, 0.1) is 19.1 Å². The molecule has 17 heavy (non-hydrogen) atoms. The highest BCUT2D eigenvalue weighted by molar-refractivity contribution is 5.83. The molecule has 1 aliphatic rings. The largest absolute Gasteiger partial charge is 0.466 e. The summed E-state index contributed by atoms with van der Waals surface area (Å²) in [6.07, 6.45) is 3.00. The molecular weight excluding hydrogens is 220 g/mol. The van der Waals surface area contributed by atoms with Gasteiger partial charge in [0.2, 0.25) is 0 Å². The smallest absolute Gasteiger partial charge is 0.330 e. The number of rotatable bonds is 4. The van der Waals surface area contributed by atoms with Crippen LogP contribution in [-0.2, 0) is 19.1 Å². The van der Waals surface area contributed by atoms with Crippen LogP contribution in [0.25, 0.3) is 0 Å². The van der Waals surface area contributed by atoms with Gasteiger partial charge in [-0.3, -0.25) is 4.79 Å². The van der Waals surface area contributed by atoms with Crippen LogP contribution in [0.1, 0.15) is 27.7 Å². The van der Waals surface area contributed by atoms with E-state index in [9.17, 15) is 9.59 Å². The molecule has 0 unspecified atom stereocenters. The highest BCUT2D eigenvalue weighted by Gasteiger charge is 2.61. The van der Waals surface area contributed by atoms with E-state index in [1.165, 1.54) is 13.2 Å². The van der Waals surface area contributed by atoms with Gasteiger partial charge in [0, 0.05) is 6.08 Å². The zero-order valence-electron chi connectivity index (χ0n) is 11.0. The predicted octanol–water partition coefficient (Wildman–Crippen LogP) is 1.94. The van der Waals surface area contributed by atoms with Gasteiger partial charge in [-0.1, -0.05) is 19.9 Å². The Morgan fingerprint density at radius 2 is 1.88 bits per heavy atom. The molecule has 0 spiro atoms. The van der Waals surface area contributed by atoms with Gasteiger partial charge in [-0.2, -0.15) is 0 Å². The van der Waals surface area contributed by atoms with Gasteiger partial charge in [-0.05, 0) is 25.2 Å². The first kappa shape index (κ1) is 13.7. The number of allylic oxidation sites excluding steroid dienone is 1. The van der Waals surface area contributed by atoms with Crippen molar-refractivity contribution in [2.75, 3.05) is 7.11 Å². The highest BCUT2D eigenvalue weighted by Crippen LogP contribution is 2.59. The molecule has 0 saturated heterocycles. The third-order valence-electron chi connectivity index (χ3n) is 3.16. The Hall–Kier alpha value is -1.32. The molecule has 96 valence electrons. The average molecular weight is 240 g/mol. The first-order chi connectivity index (χ1) is 7.80. The van der Waals surface area contributed by atoms with Crippen molar-refractivity contribution in [1.82, 2.24) is 0 Å². The lowest BCUT2D eigenvalue weighted by Gasteiger charge is -2.08. The molecule has 1 rings (SSSR count). The molecule has 1 fully saturated rings. The van der Waals surface area contributed by atoms with Crippen molar-refractivity contribution in [3.8, 4) is 0 Å². The fourth-order valence-corrected chi connectivity index (χ4v) is 2.04. The first-order valence-corrected chi connectivity index (χ1v) is 5.77. The lowest BCUT2D eigenvalue weighted by Crippen LogP contribution is -2.15. The lowest BCUT2D eigenvalue weighted by molar-refractivity contribution is -0.150. The van der Waals surface area contributed by atoms with Gasteiger partial charge in [0.1, 0.15) is 0 Å². The number of esters is 2. The Labute approximate surface area is 102 Å². The molecule has 0 heterocycles. The van der Waals surface area contributed by atoms with E-state index in [1.807, 2.05) is 27.7 Å². The van der Waals surface area contributed by atoms with Crippen molar-refractivity contribution in [3.63, 3.8) is 0 Å². The minimum atomic E-state index is -0.399. The van der Waals surface area contributed by atoms with E-state index >= 15 is 0 Å². The summed E-state index contributed by atoms with van der Waals surface area (Å²) in [7, 11) is 1.33. The number of methoxy groups -OCH3 is 1. The van der Waals surface area contributed by atoms with Gasteiger partial charge in [0.15, 0.2) is 0 Å². The molecule has 0 N–H and O–H groups in total. The fourth-order valence-electron chi connectivity index (χ4n) is 2.04. The van der Waals surface area contributed by atoms with E-state index in [1.54, 1.807) is 6.08 Å². The van der Waals surface area contributed by atoms with E-state index in [0.717, 1.165) is 0 Å². The van der Waals surface area contributed by atoms with Crippen molar-refractivity contribution in [2.24, 2.45) is 17.3 Å². The van der Waals surface area contributed by atoms with Crippen LogP contribution in [0.15, 0.2) is 12.2 Å². The summed E-state index contributed by atoms with van der Waals surface area (Å²) >= 11 is 0. The maximum atomic E-state index is 11.8.